The molecule has 0 fully saturated rings. The summed E-state index contributed by atoms with van der Waals surface area (Å²) in [7, 11) is 0. The Morgan fingerprint density at radius 2 is 1.09 bits per heavy atom. The van der Waals surface area contributed by atoms with E-state index in [9.17, 15) is 0 Å². The molecular weight excluding hydrogens is 424 g/mol. The maximum Gasteiger partial charge on any atom is 0.0428 e. The van der Waals surface area contributed by atoms with E-state index in [0.29, 0.717) is 0 Å². The first-order valence-corrected chi connectivity index (χ1v) is 12.6. The summed E-state index contributed by atoms with van der Waals surface area (Å²) in [6.45, 7) is 0. The van der Waals surface area contributed by atoms with Gasteiger partial charge in [0.1, 0.15) is 0 Å². The third-order valence-corrected chi connectivity index (χ3v) is 7.98. The summed E-state index contributed by atoms with van der Waals surface area (Å²) in [5.41, 5.74) is 10.8. The molecule has 0 unspecified atom stereocenters. The van der Waals surface area contributed by atoms with E-state index in [1.54, 1.807) is 0 Å². The van der Waals surface area contributed by atoms with Crippen molar-refractivity contribution in [2.75, 3.05) is 10.6 Å². The Bertz CT molecular complexity index is 1550. The fraction of sp³-hybridized carbons (Fsp3) is 0.152. The SMILES string of the molecule is c1ccc(Nc2cccc3c2[C@@]2(CC3)CCc3cccc(Nc4ccc5ccccc5c4)c32)cc1. The summed E-state index contributed by atoms with van der Waals surface area (Å²) >= 11 is 0. The molecular formula is C33H28N2. The van der Waals surface area contributed by atoms with E-state index in [4.69, 9.17) is 0 Å². The van der Waals surface area contributed by atoms with E-state index in [2.05, 4.69) is 120 Å². The highest BCUT2D eigenvalue weighted by atomic mass is 14.9. The van der Waals surface area contributed by atoms with Crippen molar-refractivity contribution in [1.29, 1.82) is 0 Å². The summed E-state index contributed by atoms with van der Waals surface area (Å²) in [4.78, 5) is 0. The second-order valence-electron chi connectivity index (χ2n) is 9.94. The third kappa shape index (κ3) is 3.32. The summed E-state index contributed by atoms with van der Waals surface area (Å²) in [6, 6.07) is 39.4. The Morgan fingerprint density at radius 3 is 1.77 bits per heavy atom. The highest BCUT2D eigenvalue weighted by Crippen LogP contribution is 2.57. The van der Waals surface area contributed by atoms with E-state index in [-0.39, 0.29) is 5.41 Å². The zero-order valence-electron chi connectivity index (χ0n) is 19.7. The first-order chi connectivity index (χ1) is 17.3. The first kappa shape index (κ1) is 20.3. The van der Waals surface area contributed by atoms with Gasteiger partial charge in [-0.15, -0.1) is 0 Å². The van der Waals surface area contributed by atoms with Crippen LogP contribution in [0.4, 0.5) is 22.7 Å². The lowest BCUT2D eigenvalue weighted by molar-refractivity contribution is 0.510. The van der Waals surface area contributed by atoms with Crippen LogP contribution in [-0.2, 0) is 18.3 Å². The Hall–Kier alpha value is -4.04. The number of hydrogen-bond donors (Lipinski definition) is 2. The molecule has 0 aromatic heterocycles. The summed E-state index contributed by atoms with van der Waals surface area (Å²) < 4.78 is 0. The van der Waals surface area contributed by atoms with Crippen molar-refractivity contribution in [1.82, 2.24) is 0 Å². The van der Waals surface area contributed by atoms with Crippen molar-refractivity contribution in [3.8, 4) is 0 Å². The number of fused-ring (bicyclic) bond motifs is 5. The van der Waals surface area contributed by atoms with Gasteiger partial charge in [-0.1, -0.05) is 72.8 Å². The molecule has 0 radical (unpaired) electrons. The van der Waals surface area contributed by atoms with Crippen LogP contribution in [0.5, 0.6) is 0 Å². The van der Waals surface area contributed by atoms with Gasteiger partial charge in [0.2, 0.25) is 0 Å². The second-order valence-corrected chi connectivity index (χ2v) is 9.94. The minimum atomic E-state index is 0.0451. The number of aryl methyl sites for hydroxylation is 2. The molecule has 5 aromatic carbocycles. The Labute approximate surface area is 206 Å². The van der Waals surface area contributed by atoms with Crippen molar-refractivity contribution in [3.05, 3.63) is 131 Å². The van der Waals surface area contributed by atoms with Crippen molar-refractivity contribution in [2.24, 2.45) is 0 Å². The standard InChI is InChI=1S/C33H28N2/c1-2-12-27(13-3-1)34-29-14-6-10-24-18-20-33(31(24)29)21-19-25-11-7-15-30(32(25)33)35-28-17-16-23-8-4-5-9-26(23)22-28/h1-17,22,34-35H,18-21H2/t33-/m1/s1. The molecule has 1 spiro atoms. The van der Waals surface area contributed by atoms with E-state index in [0.717, 1.165) is 24.2 Å². The van der Waals surface area contributed by atoms with Crippen LogP contribution in [0.2, 0.25) is 0 Å². The van der Waals surface area contributed by atoms with Gasteiger partial charge >= 0.3 is 0 Å². The van der Waals surface area contributed by atoms with Gasteiger partial charge in [-0.05, 0) is 95.1 Å². The Balaban J connectivity index is 1.34. The van der Waals surface area contributed by atoms with Crippen LogP contribution in [0.3, 0.4) is 0 Å². The van der Waals surface area contributed by atoms with E-state index in [1.807, 2.05) is 0 Å². The van der Waals surface area contributed by atoms with Gasteiger partial charge in [0.25, 0.3) is 0 Å². The largest absolute Gasteiger partial charge is 0.355 e. The summed E-state index contributed by atoms with van der Waals surface area (Å²) in [6.07, 6.45) is 4.59. The lowest BCUT2D eigenvalue weighted by atomic mass is 9.75. The van der Waals surface area contributed by atoms with E-state index in [1.165, 1.54) is 57.2 Å². The third-order valence-electron chi connectivity index (χ3n) is 7.98. The van der Waals surface area contributed by atoms with Crippen molar-refractivity contribution >= 4 is 33.5 Å². The molecule has 0 aliphatic heterocycles. The molecule has 2 heteroatoms. The molecule has 5 aromatic rings. The molecule has 7 rings (SSSR count). The number of anilines is 4. The summed E-state index contributed by atoms with van der Waals surface area (Å²) in [5.74, 6) is 0. The molecule has 35 heavy (non-hydrogen) atoms. The average Bonchev–Trinajstić information content (AvgIpc) is 3.47. The van der Waals surface area contributed by atoms with Crippen LogP contribution < -0.4 is 10.6 Å². The van der Waals surface area contributed by atoms with Gasteiger partial charge in [-0.2, -0.15) is 0 Å². The van der Waals surface area contributed by atoms with Crippen LogP contribution in [-0.4, -0.2) is 0 Å². The highest BCUT2D eigenvalue weighted by molar-refractivity contribution is 5.87. The molecule has 2 aliphatic rings. The Kier molecular flexibility index (Phi) is 4.66. The van der Waals surface area contributed by atoms with Gasteiger partial charge in [-0.25, -0.2) is 0 Å². The number of nitrogens with one attached hydrogen (secondary N) is 2. The van der Waals surface area contributed by atoms with E-state index >= 15 is 0 Å². The van der Waals surface area contributed by atoms with Crippen molar-refractivity contribution < 1.29 is 0 Å². The van der Waals surface area contributed by atoms with Crippen molar-refractivity contribution in [2.45, 2.75) is 31.1 Å². The molecule has 170 valence electrons. The smallest absolute Gasteiger partial charge is 0.0428 e. The predicted molar refractivity (Wildman–Crippen MR) is 147 cm³/mol. The normalized spacial score (nSPS) is 17.9. The zero-order chi connectivity index (χ0) is 23.2. The average molecular weight is 453 g/mol. The topological polar surface area (TPSA) is 24.1 Å². The van der Waals surface area contributed by atoms with Crippen LogP contribution in [0.15, 0.2) is 109 Å². The highest BCUT2D eigenvalue weighted by Gasteiger charge is 2.47. The number of para-hydroxylation sites is 1. The predicted octanol–water partition coefficient (Wildman–Crippen LogP) is 8.51. The van der Waals surface area contributed by atoms with Gasteiger partial charge in [0.05, 0.1) is 0 Å². The van der Waals surface area contributed by atoms with Crippen LogP contribution >= 0.6 is 0 Å². The fourth-order valence-corrected chi connectivity index (χ4v) is 6.50. The fourth-order valence-electron chi connectivity index (χ4n) is 6.50. The number of benzene rings is 5. The molecule has 2 N–H and O–H groups in total. The molecule has 2 nitrogen and oxygen atoms in total. The second kappa shape index (κ2) is 8.02. The number of rotatable bonds is 4. The maximum atomic E-state index is 3.83. The summed E-state index contributed by atoms with van der Waals surface area (Å²) in [5, 5.41) is 10.1. The number of hydrogen-bond acceptors (Lipinski definition) is 2. The van der Waals surface area contributed by atoms with Gasteiger partial charge in [0, 0.05) is 28.2 Å². The maximum absolute atomic E-state index is 3.83. The zero-order valence-corrected chi connectivity index (χ0v) is 19.7. The Morgan fingerprint density at radius 1 is 0.486 bits per heavy atom. The minimum Gasteiger partial charge on any atom is -0.355 e. The first-order valence-electron chi connectivity index (χ1n) is 12.6. The van der Waals surface area contributed by atoms with Crippen LogP contribution in [0.25, 0.3) is 10.8 Å². The molecule has 0 heterocycles. The monoisotopic (exact) mass is 452 g/mol. The quantitative estimate of drug-likeness (QED) is 0.286. The lowest BCUT2D eigenvalue weighted by Crippen LogP contribution is -2.23. The molecule has 2 aliphatic carbocycles. The van der Waals surface area contributed by atoms with Crippen LogP contribution in [0.1, 0.15) is 35.1 Å². The molecule has 1 atom stereocenters. The lowest BCUT2D eigenvalue weighted by Gasteiger charge is -2.31. The van der Waals surface area contributed by atoms with E-state index < -0.39 is 0 Å². The molecule has 0 saturated heterocycles. The molecule has 0 bridgehead atoms. The van der Waals surface area contributed by atoms with Crippen LogP contribution in [0, 0.1) is 0 Å². The van der Waals surface area contributed by atoms with Gasteiger partial charge < -0.3 is 10.6 Å². The molecule has 0 amide bonds. The van der Waals surface area contributed by atoms with Gasteiger partial charge in [-0.3, -0.25) is 0 Å². The molecule has 0 saturated carbocycles. The van der Waals surface area contributed by atoms with Crippen molar-refractivity contribution in [3.63, 3.8) is 0 Å². The minimum absolute atomic E-state index is 0.0451. The van der Waals surface area contributed by atoms with Gasteiger partial charge in [0.15, 0.2) is 0 Å².